The standard InChI is InChI=1S/C23H15F4N3O2/c24-17-6-4-15(5-7-17)21(31)29-18-8-9-20(19(13-18)23(25,26)27)30-22(32)16-3-1-2-14(12-16)10-11-28/h1-9,12-13H,10H2,(H,29,31)(H,30,32). The molecule has 2 N–H and O–H groups in total. The monoisotopic (exact) mass is 441 g/mol. The van der Waals surface area contributed by atoms with Crippen molar-refractivity contribution in [1.82, 2.24) is 0 Å². The van der Waals surface area contributed by atoms with Crippen LogP contribution in [0.15, 0.2) is 66.7 Å². The van der Waals surface area contributed by atoms with E-state index in [9.17, 15) is 27.2 Å². The highest BCUT2D eigenvalue weighted by molar-refractivity contribution is 6.06. The summed E-state index contributed by atoms with van der Waals surface area (Å²) in [6.45, 7) is 0. The van der Waals surface area contributed by atoms with Crippen molar-refractivity contribution in [2.24, 2.45) is 0 Å². The molecule has 2 amide bonds. The predicted molar refractivity (Wildman–Crippen MR) is 110 cm³/mol. The van der Waals surface area contributed by atoms with E-state index in [4.69, 9.17) is 5.26 Å². The summed E-state index contributed by atoms with van der Waals surface area (Å²) in [4.78, 5) is 24.7. The van der Waals surface area contributed by atoms with Gasteiger partial charge in [-0.25, -0.2) is 4.39 Å². The molecule has 0 aromatic heterocycles. The number of benzene rings is 3. The maximum atomic E-state index is 13.6. The highest BCUT2D eigenvalue weighted by Gasteiger charge is 2.34. The van der Waals surface area contributed by atoms with Crippen molar-refractivity contribution in [1.29, 1.82) is 5.26 Å². The van der Waals surface area contributed by atoms with E-state index in [1.165, 1.54) is 36.4 Å². The van der Waals surface area contributed by atoms with E-state index in [1.54, 1.807) is 6.07 Å². The molecular formula is C23H15F4N3O2. The Balaban J connectivity index is 1.85. The van der Waals surface area contributed by atoms with Gasteiger partial charge in [0, 0.05) is 16.8 Å². The van der Waals surface area contributed by atoms with E-state index in [2.05, 4.69) is 10.6 Å². The van der Waals surface area contributed by atoms with Crippen LogP contribution >= 0.6 is 0 Å². The number of nitrogens with zero attached hydrogens (tertiary/aromatic N) is 1. The molecule has 0 fully saturated rings. The van der Waals surface area contributed by atoms with Crippen LogP contribution in [0.1, 0.15) is 31.8 Å². The van der Waals surface area contributed by atoms with Crippen LogP contribution in [0.5, 0.6) is 0 Å². The first-order valence-electron chi connectivity index (χ1n) is 9.23. The van der Waals surface area contributed by atoms with Crippen LogP contribution in [-0.2, 0) is 12.6 Å². The summed E-state index contributed by atoms with van der Waals surface area (Å²) in [5, 5.41) is 13.3. The predicted octanol–water partition coefficient (Wildman–Crippen LogP) is 5.42. The quantitative estimate of drug-likeness (QED) is 0.519. The molecule has 162 valence electrons. The van der Waals surface area contributed by atoms with E-state index in [-0.39, 0.29) is 23.2 Å². The molecule has 0 saturated carbocycles. The Bertz CT molecular complexity index is 1200. The van der Waals surface area contributed by atoms with Gasteiger partial charge in [-0.05, 0) is 60.2 Å². The number of nitrogens with one attached hydrogen (secondary N) is 2. The van der Waals surface area contributed by atoms with Gasteiger partial charge in [0.1, 0.15) is 5.82 Å². The molecular weight excluding hydrogens is 426 g/mol. The third-order valence-electron chi connectivity index (χ3n) is 4.41. The molecule has 0 aliphatic carbocycles. The molecule has 3 rings (SSSR count). The molecule has 0 unspecified atom stereocenters. The van der Waals surface area contributed by atoms with E-state index >= 15 is 0 Å². The Morgan fingerprint density at radius 1 is 0.875 bits per heavy atom. The van der Waals surface area contributed by atoms with Crippen LogP contribution in [0.4, 0.5) is 28.9 Å². The zero-order valence-corrected chi connectivity index (χ0v) is 16.3. The van der Waals surface area contributed by atoms with Gasteiger partial charge >= 0.3 is 6.18 Å². The van der Waals surface area contributed by atoms with Crippen molar-refractivity contribution in [3.8, 4) is 6.07 Å². The van der Waals surface area contributed by atoms with E-state index in [0.717, 1.165) is 18.2 Å². The number of alkyl halides is 3. The number of hydrogen-bond donors (Lipinski definition) is 2. The maximum absolute atomic E-state index is 13.6. The number of carbonyl (C=O) groups is 2. The third kappa shape index (κ3) is 5.49. The number of rotatable bonds is 5. The van der Waals surface area contributed by atoms with Crippen LogP contribution in [0, 0.1) is 17.1 Å². The largest absolute Gasteiger partial charge is 0.418 e. The third-order valence-corrected chi connectivity index (χ3v) is 4.41. The molecule has 32 heavy (non-hydrogen) atoms. The minimum atomic E-state index is -4.82. The second kappa shape index (κ2) is 9.31. The summed E-state index contributed by atoms with van der Waals surface area (Å²) in [5.74, 6) is -2.05. The fourth-order valence-corrected chi connectivity index (χ4v) is 2.88. The summed E-state index contributed by atoms with van der Waals surface area (Å²) in [7, 11) is 0. The molecule has 0 saturated heterocycles. The van der Waals surface area contributed by atoms with Gasteiger partial charge in [0.05, 0.1) is 23.7 Å². The van der Waals surface area contributed by atoms with Crippen molar-refractivity contribution in [2.45, 2.75) is 12.6 Å². The average Bonchev–Trinajstić information content (AvgIpc) is 2.75. The van der Waals surface area contributed by atoms with E-state index in [0.29, 0.717) is 11.6 Å². The van der Waals surface area contributed by atoms with Crippen molar-refractivity contribution in [3.05, 3.63) is 94.8 Å². The van der Waals surface area contributed by atoms with Crippen molar-refractivity contribution in [2.75, 3.05) is 10.6 Å². The summed E-state index contributed by atoms with van der Waals surface area (Å²) in [5.41, 5.74) is -1.09. The Hall–Kier alpha value is -4.19. The van der Waals surface area contributed by atoms with Crippen LogP contribution in [0.25, 0.3) is 0 Å². The number of amides is 2. The van der Waals surface area contributed by atoms with Crippen molar-refractivity contribution < 1.29 is 27.2 Å². The zero-order chi connectivity index (χ0) is 23.3. The second-order valence-electron chi connectivity index (χ2n) is 6.71. The summed E-state index contributed by atoms with van der Waals surface area (Å²) in [6.07, 6.45) is -4.76. The minimum absolute atomic E-state index is 0.0529. The molecule has 0 radical (unpaired) electrons. The molecule has 0 spiro atoms. The Kier molecular flexibility index (Phi) is 6.54. The SMILES string of the molecule is N#CCc1cccc(C(=O)Nc2ccc(NC(=O)c3ccc(F)cc3)cc2C(F)(F)F)c1. The van der Waals surface area contributed by atoms with Crippen molar-refractivity contribution >= 4 is 23.2 Å². The number of hydrogen-bond acceptors (Lipinski definition) is 3. The van der Waals surface area contributed by atoms with Crippen LogP contribution in [-0.4, -0.2) is 11.8 Å². The average molecular weight is 441 g/mol. The number of nitriles is 1. The van der Waals surface area contributed by atoms with Gasteiger partial charge in [0.25, 0.3) is 11.8 Å². The molecule has 3 aromatic carbocycles. The number of carbonyl (C=O) groups excluding carboxylic acids is 2. The minimum Gasteiger partial charge on any atom is -0.322 e. The van der Waals surface area contributed by atoms with Gasteiger partial charge in [0.2, 0.25) is 0 Å². The Labute approximate surface area is 180 Å². The van der Waals surface area contributed by atoms with Gasteiger partial charge in [-0.15, -0.1) is 0 Å². The molecule has 5 nitrogen and oxygen atoms in total. The summed E-state index contributed by atoms with van der Waals surface area (Å²) in [6, 6.07) is 15.4. The Morgan fingerprint density at radius 2 is 1.56 bits per heavy atom. The normalized spacial score (nSPS) is 10.8. The maximum Gasteiger partial charge on any atom is 0.418 e. The molecule has 0 atom stereocenters. The van der Waals surface area contributed by atoms with Crippen LogP contribution in [0.2, 0.25) is 0 Å². The van der Waals surface area contributed by atoms with Crippen LogP contribution in [0.3, 0.4) is 0 Å². The zero-order valence-electron chi connectivity index (χ0n) is 16.3. The lowest BCUT2D eigenvalue weighted by atomic mass is 10.1. The highest BCUT2D eigenvalue weighted by atomic mass is 19.4. The highest BCUT2D eigenvalue weighted by Crippen LogP contribution is 2.37. The lowest BCUT2D eigenvalue weighted by molar-refractivity contribution is -0.136. The fourth-order valence-electron chi connectivity index (χ4n) is 2.88. The smallest absolute Gasteiger partial charge is 0.322 e. The number of anilines is 2. The number of halogens is 4. The molecule has 0 heterocycles. The van der Waals surface area contributed by atoms with E-state index < -0.39 is 35.1 Å². The van der Waals surface area contributed by atoms with E-state index in [1.807, 2.05) is 6.07 Å². The van der Waals surface area contributed by atoms with Gasteiger partial charge < -0.3 is 10.6 Å². The lowest BCUT2D eigenvalue weighted by Crippen LogP contribution is -2.18. The van der Waals surface area contributed by atoms with Gasteiger partial charge in [0.15, 0.2) is 0 Å². The molecule has 0 aliphatic heterocycles. The van der Waals surface area contributed by atoms with Gasteiger partial charge in [-0.1, -0.05) is 12.1 Å². The fraction of sp³-hybridized carbons (Fsp3) is 0.0870. The van der Waals surface area contributed by atoms with Gasteiger partial charge in [-0.3, -0.25) is 9.59 Å². The Morgan fingerprint density at radius 3 is 2.22 bits per heavy atom. The first-order chi connectivity index (χ1) is 15.2. The molecule has 9 heteroatoms. The summed E-state index contributed by atoms with van der Waals surface area (Å²) < 4.78 is 53.8. The molecule has 0 aliphatic rings. The molecule has 0 bridgehead atoms. The van der Waals surface area contributed by atoms with Gasteiger partial charge in [-0.2, -0.15) is 18.4 Å². The second-order valence-corrected chi connectivity index (χ2v) is 6.71. The summed E-state index contributed by atoms with van der Waals surface area (Å²) >= 11 is 0. The lowest BCUT2D eigenvalue weighted by Gasteiger charge is -2.16. The van der Waals surface area contributed by atoms with Crippen LogP contribution < -0.4 is 10.6 Å². The first kappa shape index (κ1) is 22.5. The first-order valence-corrected chi connectivity index (χ1v) is 9.23. The van der Waals surface area contributed by atoms with Crippen molar-refractivity contribution in [3.63, 3.8) is 0 Å². The molecule has 3 aromatic rings. The topological polar surface area (TPSA) is 82.0 Å².